The van der Waals surface area contributed by atoms with Crippen LogP contribution in [0.1, 0.15) is 24.5 Å². The first kappa shape index (κ1) is 16.6. The summed E-state index contributed by atoms with van der Waals surface area (Å²) in [4.78, 5) is 2.12. The summed E-state index contributed by atoms with van der Waals surface area (Å²) in [5, 5.41) is 0.711. The third-order valence-electron chi connectivity index (χ3n) is 3.05. The molecule has 5 heteroatoms. The van der Waals surface area contributed by atoms with E-state index in [1.165, 1.54) is 0 Å². The van der Waals surface area contributed by atoms with Crippen LogP contribution in [0.3, 0.4) is 0 Å². The Labute approximate surface area is 126 Å². The van der Waals surface area contributed by atoms with E-state index in [2.05, 4.69) is 4.90 Å². The maximum atomic E-state index is 6.00. The lowest BCUT2D eigenvalue weighted by molar-refractivity contribution is 0.0384. The number of hydrogen-bond donors (Lipinski definition) is 0. The predicted octanol–water partition coefficient (Wildman–Crippen LogP) is 3.55. The van der Waals surface area contributed by atoms with Gasteiger partial charge in [-0.1, -0.05) is 17.7 Å². The summed E-state index contributed by atoms with van der Waals surface area (Å²) in [6.45, 7) is 2.40. The molecule has 1 unspecified atom stereocenters. The fourth-order valence-electron chi connectivity index (χ4n) is 2.06. The molecule has 0 N–H and O–H groups in total. The number of ether oxygens (including phenoxy) is 2. The smallest absolute Gasteiger partial charge is 0.126 e. The van der Waals surface area contributed by atoms with E-state index >= 15 is 0 Å². The van der Waals surface area contributed by atoms with Crippen molar-refractivity contribution in [2.45, 2.75) is 18.9 Å². The van der Waals surface area contributed by atoms with Crippen molar-refractivity contribution in [3.63, 3.8) is 0 Å². The van der Waals surface area contributed by atoms with Gasteiger partial charge in [-0.3, -0.25) is 0 Å². The predicted molar refractivity (Wildman–Crippen MR) is 80.7 cm³/mol. The van der Waals surface area contributed by atoms with Crippen LogP contribution >= 0.6 is 24.0 Å². The molecule has 0 spiro atoms. The normalized spacial score (nSPS) is 18.2. The van der Waals surface area contributed by atoms with Gasteiger partial charge in [0, 0.05) is 17.1 Å². The number of likely N-dealkylation sites (N-methyl/N-ethyl adjacent to an activating group) is 1. The van der Waals surface area contributed by atoms with Crippen LogP contribution < -0.4 is 4.74 Å². The second-order valence-corrected chi connectivity index (χ2v) is 5.27. The van der Waals surface area contributed by atoms with E-state index in [1.54, 1.807) is 0 Å². The highest BCUT2D eigenvalue weighted by atomic mass is 35.5. The molecular weight excluding hydrogens is 285 g/mol. The van der Waals surface area contributed by atoms with E-state index in [9.17, 15) is 0 Å². The first-order valence-corrected chi connectivity index (χ1v) is 6.73. The Morgan fingerprint density at radius 3 is 2.95 bits per heavy atom. The molecule has 108 valence electrons. The van der Waals surface area contributed by atoms with Gasteiger partial charge in [-0.15, -0.1) is 12.4 Å². The summed E-state index contributed by atoms with van der Waals surface area (Å²) in [5.74, 6) is 0.870. The van der Waals surface area contributed by atoms with Crippen molar-refractivity contribution < 1.29 is 9.47 Å². The van der Waals surface area contributed by atoms with Gasteiger partial charge in [-0.05, 0) is 39.1 Å². The molecule has 1 aliphatic rings. The van der Waals surface area contributed by atoms with Crippen molar-refractivity contribution in [1.29, 1.82) is 0 Å². The summed E-state index contributed by atoms with van der Waals surface area (Å²) in [6.07, 6.45) is 2.14. The zero-order valence-electron chi connectivity index (χ0n) is 11.4. The molecule has 1 atom stereocenters. The number of nitrogens with zero attached hydrogens (tertiary/aromatic N) is 1. The molecule has 0 fully saturated rings. The summed E-state index contributed by atoms with van der Waals surface area (Å²) in [7, 11) is 4.10. The van der Waals surface area contributed by atoms with Crippen molar-refractivity contribution in [1.82, 2.24) is 4.90 Å². The van der Waals surface area contributed by atoms with Gasteiger partial charge in [0.25, 0.3) is 0 Å². The molecule has 1 heterocycles. The van der Waals surface area contributed by atoms with Crippen molar-refractivity contribution in [3.05, 3.63) is 28.8 Å². The van der Waals surface area contributed by atoms with Crippen LogP contribution in [0, 0.1) is 0 Å². The molecule has 0 radical (unpaired) electrons. The van der Waals surface area contributed by atoms with Gasteiger partial charge in [0.1, 0.15) is 5.75 Å². The monoisotopic (exact) mass is 305 g/mol. The third kappa shape index (κ3) is 4.84. The maximum Gasteiger partial charge on any atom is 0.126 e. The van der Waals surface area contributed by atoms with E-state index in [4.69, 9.17) is 21.1 Å². The molecule has 0 bridgehead atoms. The zero-order chi connectivity index (χ0) is 13.0. The average molecular weight is 306 g/mol. The number of fused-ring (bicyclic) bond motifs is 1. The molecule has 1 aromatic rings. The lowest BCUT2D eigenvalue weighted by atomic mass is 10.1. The van der Waals surface area contributed by atoms with Crippen molar-refractivity contribution in [3.8, 4) is 5.75 Å². The summed E-state index contributed by atoms with van der Waals surface area (Å²) in [6, 6.07) is 5.80. The molecule has 0 saturated carbocycles. The van der Waals surface area contributed by atoms with E-state index in [0.29, 0.717) is 5.02 Å². The van der Waals surface area contributed by atoms with Crippen LogP contribution in [-0.2, 0) is 4.74 Å². The molecule has 0 aliphatic carbocycles. The number of benzene rings is 1. The number of rotatable bonds is 4. The lowest BCUT2D eigenvalue weighted by Crippen LogP contribution is -2.19. The second kappa shape index (κ2) is 7.95. The molecule has 2 rings (SSSR count). The molecule has 3 nitrogen and oxygen atoms in total. The minimum atomic E-state index is 0. The van der Waals surface area contributed by atoms with Gasteiger partial charge in [0.2, 0.25) is 0 Å². The van der Waals surface area contributed by atoms with Crippen LogP contribution in [0.25, 0.3) is 0 Å². The van der Waals surface area contributed by atoms with Gasteiger partial charge < -0.3 is 14.4 Å². The Morgan fingerprint density at radius 2 is 2.21 bits per heavy atom. The Balaban J connectivity index is 0.00000180. The molecule has 0 aromatic heterocycles. The first-order valence-electron chi connectivity index (χ1n) is 6.35. The number of halogens is 2. The minimum Gasteiger partial charge on any atom is -0.493 e. The van der Waals surface area contributed by atoms with Gasteiger partial charge in [0.15, 0.2) is 0 Å². The standard InChI is InChI=1S/C14H20ClNO2.ClH/c1-16(2)7-9-18-13-4-3-8-17-14-10-11(15)5-6-12(13)14;/h5-6,10,13H,3-4,7-9H2,1-2H3;1H. The fourth-order valence-corrected chi connectivity index (χ4v) is 2.22. The van der Waals surface area contributed by atoms with Crippen molar-refractivity contribution in [2.75, 3.05) is 33.9 Å². The summed E-state index contributed by atoms with van der Waals surface area (Å²) in [5.41, 5.74) is 1.12. The van der Waals surface area contributed by atoms with E-state index in [0.717, 1.165) is 43.9 Å². The quantitative estimate of drug-likeness (QED) is 0.849. The second-order valence-electron chi connectivity index (χ2n) is 4.84. The van der Waals surface area contributed by atoms with E-state index in [1.807, 2.05) is 32.3 Å². The topological polar surface area (TPSA) is 21.7 Å². The SMILES string of the molecule is CN(C)CCOC1CCCOc2cc(Cl)ccc21.Cl. The Morgan fingerprint density at radius 1 is 1.42 bits per heavy atom. The van der Waals surface area contributed by atoms with E-state index in [-0.39, 0.29) is 18.5 Å². The van der Waals surface area contributed by atoms with Gasteiger partial charge in [-0.25, -0.2) is 0 Å². The summed E-state index contributed by atoms with van der Waals surface area (Å²) >= 11 is 6.00. The largest absolute Gasteiger partial charge is 0.493 e. The Kier molecular flexibility index (Phi) is 6.94. The van der Waals surface area contributed by atoms with Gasteiger partial charge >= 0.3 is 0 Å². The van der Waals surface area contributed by atoms with Crippen LogP contribution in [0.2, 0.25) is 5.02 Å². The highest BCUT2D eigenvalue weighted by Gasteiger charge is 2.20. The van der Waals surface area contributed by atoms with Crippen molar-refractivity contribution >= 4 is 24.0 Å². The van der Waals surface area contributed by atoms with Crippen LogP contribution in [-0.4, -0.2) is 38.8 Å². The molecular formula is C14H21Cl2NO2. The Hall–Kier alpha value is -0.480. The highest BCUT2D eigenvalue weighted by molar-refractivity contribution is 6.30. The van der Waals surface area contributed by atoms with Crippen molar-refractivity contribution in [2.24, 2.45) is 0 Å². The zero-order valence-corrected chi connectivity index (χ0v) is 13.0. The minimum absolute atomic E-state index is 0. The first-order chi connectivity index (χ1) is 8.66. The maximum absolute atomic E-state index is 6.00. The fraction of sp³-hybridized carbons (Fsp3) is 0.571. The van der Waals surface area contributed by atoms with Crippen LogP contribution in [0.5, 0.6) is 5.75 Å². The molecule has 19 heavy (non-hydrogen) atoms. The molecule has 1 aromatic carbocycles. The van der Waals surface area contributed by atoms with Gasteiger partial charge in [-0.2, -0.15) is 0 Å². The van der Waals surface area contributed by atoms with Crippen LogP contribution in [0.15, 0.2) is 18.2 Å². The van der Waals surface area contributed by atoms with Gasteiger partial charge in [0.05, 0.1) is 19.3 Å². The molecule has 0 saturated heterocycles. The number of hydrogen-bond acceptors (Lipinski definition) is 3. The van der Waals surface area contributed by atoms with Crippen LogP contribution in [0.4, 0.5) is 0 Å². The Bertz CT molecular complexity index is 399. The summed E-state index contributed by atoms with van der Waals surface area (Å²) < 4.78 is 11.7. The van der Waals surface area contributed by atoms with E-state index < -0.39 is 0 Å². The lowest BCUT2D eigenvalue weighted by Gasteiger charge is -2.19. The average Bonchev–Trinajstić information content (AvgIpc) is 2.51. The highest BCUT2D eigenvalue weighted by Crippen LogP contribution is 2.35. The third-order valence-corrected chi connectivity index (χ3v) is 3.28. The molecule has 1 aliphatic heterocycles. The molecule has 0 amide bonds.